The molecule has 0 atom stereocenters. The van der Waals surface area contributed by atoms with Crippen LogP contribution in [0.3, 0.4) is 0 Å². The van der Waals surface area contributed by atoms with E-state index in [-0.39, 0.29) is 0 Å². The molecule has 4 rings (SSSR count). The maximum absolute atomic E-state index is 12.4. The molecule has 0 aliphatic carbocycles. The topological polar surface area (TPSA) is 56.5 Å². The molecule has 4 nitrogen and oxygen atoms in total. The van der Waals surface area contributed by atoms with Crippen LogP contribution in [0, 0.1) is 0 Å². The molecule has 0 radical (unpaired) electrons. The quantitative estimate of drug-likeness (QED) is 0.271. The Bertz CT molecular complexity index is 1190. The Kier molecular flexibility index (Phi) is 4.86. The molecule has 0 saturated heterocycles. The van der Waals surface area contributed by atoms with E-state index in [1.165, 1.54) is 0 Å². The second-order valence-electron chi connectivity index (χ2n) is 5.66. The van der Waals surface area contributed by atoms with E-state index in [0.29, 0.717) is 32.2 Å². The molecule has 0 spiro atoms. The van der Waals surface area contributed by atoms with E-state index in [4.69, 9.17) is 20.8 Å². The zero-order chi connectivity index (χ0) is 19.0. The molecule has 3 aromatic carbocycles. The van der Waals surface area contributed by atoms with Gasteiger partial charge in [-0.2, -0.15) is 0 Å². The van der Waals surface area contributed by atoms with Gasteiger partial charge in [0.05, 0.1) is 10.3 Å². The third-order valence-corrected chi connectivity index (χ3v) is 5.41. The van der Waals surface area contributed by atoms with Crippen LogP contribution in [0.1, 0.15) is 10.4 Å². The fraction of sp³-hybridized carbons (Fsp3) is 0. The summed E-state index contributed by atoms with van der Waals surface area (Å²) in [5, 5.41) is 0.536. The van der Waals surface area contributed by atoms with Crippen LogP contribution >= 0.6 is 38.9 Å². The molecule has 4 aromatic rings. The minimum atomic E-state index is -0.511. The molecule has 0 saturated carbocycles. The monoisotopic (exact) mass is 460 g/mol. The molecule has 0 N–H and O–H groups in total. The lowest BCUT2D eigenvalue weighted by molar-refractivity contribution is 0.0735. The van der Waals surface area contributed by atoms with Crippen molar-refractivity contribution in [3.05, 3.63) is 85.5 Å². The van der Waals surface area contributed by atoms with E-state index in [1.807, 2.05) is 24.3 Å². The number of rotatable bonds is 3. The zero-order valence-corrected chi connectivity index (χ0v) is 16.7. The first-order valence-electron chi connectivity index (χ1n) is 7.81. The Morgan fingerprint density at radius 1 is 1.04 bits per heavy atom. The fourth-order valence-corrected chi connectivity index (χ4v) is 3.72. The highest BCUT2D eigenvalue weighted by Crippen LogP contribution is 2.35. The van der Waals surface area contributed by atoms with Crippen LogP contribution in [-0.2, 0) is 0 Å². The van der Waals surface area contributed by atoms with E-state index < -0.39 is 10.9 Å². The average Bonchev–Trinajstić information content (AvgIpc) is 3.02. The van der Waals surface area contributed by atoms with Gasteiger partial charge in [0.15, 0.2) is 5.58 Å². The molecule has 0 bridgehead atoms. The highest BCUT2D eigenvalue weighted by Gasteiger charge is 2.15. The smallest absolute Gasteiger partial charge is 0.396 e. The van der Waals surface area contributed by atoms with Crippen LogP contribution in [0.15, 0.2) is 74.3 Å². The standard InChI is InChI=1S/C20H10BrClO4S/c21-13-5-1-11(2-6-13)16-9-15(10-17-18(16)26-20(24)27-17)25-19(23)12-3-7-14(22)8-4-12/h1-10H. The van der Waals surface area contributed by atoms with Gasteiger partial charge >= 0.3 is 10.9 Å². The predicted molar refractivity (Wildman–Crippen MR) is 110 cm³/mol. The highest BCUT2D eigenvalue weighted by atomic mass is 79.9. The van der Waals surface area contributed by atoms with Crippen molar-refractivity contribution in [2.45, 2.75) is 0 Å². The summed E-state index contributed by atoms with van der Waals surface area (Å²) in [6, 6.07) is 17.3. The van der Waals surface area contributed by atoms with Crippen molar-refractivity contribution in [3.63, 3.8) is 0 Å². The Balaban J connectivity index is 1.77. The third-order valence-electron chi connectivity index (χ3n) is 3.85. The summed E-state index contributed by atoms with van der Waals surface area (Å²) in [5.74, 6) is -0.180. The number of benzene rings is 3. The first-order valence-corrected chi connectivity index (χ1v) is 9.80. The molecular formula is C20H10BrClO4S. The maximum atomic E-state index is 12.4. The van der Waals surface area contributed by atoms with E-state index in [2.05, 4.69) is 15.9 Å². The van der Waals surface area contributed by atoms with E-state index in [1.54, 1.807) is 36.4 Å². The number of carbonyl (C=O) groups excluding carboxylic acids is 1. The summed E-state index contributed by atoms with van der Waals surface area (Å²) in [5.41, 5.74) is 2.37. The molecule has 0 aliphatic heterocycles. The maximum Gasteiger partial charge on any atom is 0.396 e. The van der Waals surface area contributed by atoms with Gasteiger partial charge < -0.3 is 9.15 Å². The van der Waals surface area contributed by atoms with E-state index in [0.717, 1.165) is 21.4 Å². The van der Waals surface area contributed by atoms with Crippen molar-refractivity contribution in [1.82, 2.24) is 0 Å². The van der Waals surface area contributed by atoms with Gasteiger partial charge in [0.25, 0.3) is 0 Å². The molecule has 1 aromatic heterocycles. The minimum Gasteiger partial charge on any atom is -0.423 e. The SMILES string of the molecule is O=C(Oc1cc(-c2ccc(Br)cc2)c2oc(=O)sc2c1)c1ccc(Cl)cc1. The van der Waals surface area contributed by atoms with Crippen LogP contribution in [0.2, 0.25) is 5.02 Å². The molecule has 0 fully saturated rings. The van der Waals surface area contributed by atoms with Crippen molar-refractivity contribution in [3.8, 4) is 16.9 Å². The average molecular weight is 462 g/mol. The summed E-state index contributed by atoms with van der Waals surface area (Å²) in [6.45, 7) is 0. The molecule has 1 heterocycles. The van der Waals surface area contributed by atoms with Gasteiger partial charge in [-0.1, -0.05) is 51.0 Å². The molecule has 27 heavy (non-hydrogen) atoms. The number of fused-ring (bicyclic) bond motifs is 1. The zero-order valence-electron chi connectivity index (χ0n) is 13.6. The molecule has 0 unspecified atom stereocenters. The van der Waals surface area contributed by atoms with Crippen molar-refractivity contribution in [2.75, 3.05) is 0 Å². The Labute approximate surface area is 171 Å². The van der Waals surface area contributed by atoms with Crippen molar-refractivity contribution < 1.29 is 13.9 Å². The molecule has 7 heteroatoms. The summed E-state index contributed by atoms with van der Waals surface area (Å²) >= 11 is 10.2. The van der Waals surface area contributed by atoms with Gasteiger partial charge in [-0.3, -0.25) is 0 Å². The van der Waals surface area contributed by atoms with Crippen LogP contribution in [-0.4, -0.2) is 5.97 Å². The number of carbonyl (C=O) groups is 1. The van der Waals surface area contributed by atoms with Crippen molar-refractivity contribution in [1.29, 1.82) is 0 Å². The second-order valence-corrected chi connectivity index (χ2v) is 7.98. The number of esters is 1. The van der Waals surface area contributed by atoms with Gasteiger partial charge in [0.1, 0.15) is 5.75 Å². The lowest BCUT2D eigenvalue weighted by Gasteiger charge is -2.08. The number of halogens is 2. The van der Waals surface area contributed by atoms with E-state index >= 15 is 0 Å². The van der Waals surface area contributed by atoms with E-state index in [9.17, 15) is 9.59 Å². The highest BCUT2D eigenvalue weighted by molar-refractivity contribution is 9.10. The Hall–Kier alpha value is -2.41. The van der Waals surface area contributed by atoms with Crippen LogP contribution in [0.25, 0.3) is 21.4 Å². The number of hydrogen-bond acceptors (Lipinski definition) is 5. The molecule has 0 amide bonds. The fourth-order valence-electron chi connectivity index (χ4n) is 2.61. The van der Waals surface area contributed by atoms with Crippen LogP contribution in [0.4, 0.5) is 0 Å². The predicted octanol–water partition coefficient (Wildman–Crippen LogP) is 6.16. The Morgan fingerprint density at radius 3 is 2.44 bits per heavy atom. The lowest BCUT2D eigenvalue weighted by atomic mass is 10.0. The Morgan fingerprint density at radius 2 is 1.74 bits per heavy atom. The van der Waals surface area contributed by atoms with Gasteiger partial charge in [-0.25, -0.2) is 9.59 Å². The van der Waals surface area contributed by atoms with Crippen LogP contribution in [0.5, 0.6) is 5.75 Å². The summed E-state index contributed by atoms with van der Waals surface area (Å²) in [6.07, 6.45) is 0. The summed E-state index contributed by atoms with van der Waals surface area (Å²) in [7, 11) is 0. The third kappa shape index (κ3) is 3.83. The van der Waals surface area contributed by atoms with Crippen LogP contribution < -0.4 is 9.68 Å². The first-order chi connectivity index (χ1) is 13.0. The van der Waals surface area contributed by atoms with Crippen molar-refractivity contribution >= 4 is 55.1 Å². The summed E-state index contributed by atoms with van der Waals surface area (Å²) < 4.78 is 12.4. The second kappa shape index (κ2) is 7.31. The molecule has 0 aliphatic rings. The first kappa shape index (κ1) is 18.0. The van der Waals surface area contributed by atoms with Gasteiger partial charge in [0, 0.05) is 21.1 Å². The van der Waals surface area contributed by atoms with Crippen molar-refractivity contribution in [2.24, 2.45) is 0 Å². The minimum absolute atomic E-state index is 0.331. The van der Waals surface area contributed by atoms with Gasteiger partial charge in [-0.15, -0.1) is 0 Å². The van der Waals surface area contributed by atoms with Gasteiger partial charge in [-0.05, 0) is 48.0 Å². The largest absolute Gasteiger partial charge is 0.423 e. The number of ether oxygens (including phenoxy) is 1. The molecular weight excluding hydrogens is 452 g/mol. The normalized spacial score (nSPS) is 10.9. The summed E-state index contributed by atoms with van der Waals surface area (Å²) in [4.78, 5) is 23.7. The molecule has 134 valence electrons. The number of hydrogen-bond donors (Lipinski definition) is 0. The van der Waals surface area contributed by atoms with Gasteiger partial charge in [0.2, 0.25) is 0 Å². The lowest BCUT2D eigenvalue weighted by Crippen LogP contribution is -2.08.